The molecule has 0 saturated carbocycles. The number of nitrogens with zero attached hydrogens (tertiary/aromatic N) is 3. The quantitative estimate of drug-likeness (QED) is 0.509. The second-order valence-corrected chi connectivity index (χ2v) is 6.91. The summed E-state index contributed by atoms with van der Waals surface area (Å²) in [5, 5.41) is 0. The molecule has 9 heteroatoms. The summed E-state index contributed by atoms with van der Waals surface area (Å²) in [5.74, 6) is -2.62. The highest BCUT2D eigenvalue weighted by molar-refractivity contribution is 6.22. The number of rotatable bonds is 4. The van der Waals surface area contributed by atoms with Crippen LogP contribution < -0.4 is 4.90 Å². The van der Waals surface area contributed by atoms with Crippen LogP contribution in [0.5, 0.6) is 0 Å². The molecular weight excluding hydrogens is 402 g/mol. The zero-order chi connectivity index (χ0) is 22.6. The number of aromatic nitrogens is 2. The number of pyridine rings is 2. The summed E-state index contributed by atoms with van der Waals surface area (Å²) in [5.41, 5.74) is -1.36. The van der Waals surface area contributed by atoms with Crippen molar-refractivity contribution in [1.82, 2.24) is 9.97 Å². The Morgan fingerprint density at radius 1 is 0.967 bits per heavy atom. The van der Waals surface area contributed by atoms with Crippen LogP contribution in [0.2, 0.25) is 0 Å². The molecule has 2 heterocycles. The normalized spacial score (nSPS) is 10.9. The summed E-state index contributed by atoms with van der Waals surface area (Å²) in [4.78, 5) is 32.8. The van der Waals surface area contributed by atoms with Crippen molar-refractivity contribution in [3.8, 4) is 11.3 Å². The fourth-order valence-electron chi connectivity index (χ4n) is 2.52. The van der Waals surface area contributed by atoms with Crippen molar-refractivity contribution < 1.29 is 27.2 Å². The maximum Gasteiger partial charge on any atom is 0.435 e. The maximum absolute atomic E-state index is 13.8. The molecule has 5 nitrogen and oxygen atoms in total. The number of hydrogen-bond donors (Lipinski definition) is 0. The summed E-state index contributed by atoms with van der Waals surface area (Å²) >= 11 is 0. The van der Waals surface area contributed by atoms with E-state index < -0.39 is 35.2 Å². The van der Waals surface area contributed by atoms with E-state index in [2.05, 4.69) is 9.97 Å². The minimum Gasteiger partial charge on any atom is -0.269 e. The Hall–Kier alpha value is -3.36. The van der Waals surface area contributed by atoms with Crippen LogP contribution in [0.1, 0.15) is 33.4 Å². The number of hydrogen-bond acceptors (Lipinski definition) is 4. The second kappa shape index (κ2) is 8.98. The van der Waals surface area contributed by atoms with E-state index in [0.717, 1.165) is 36.7 Å². The highest BCUT2D eigenvalue weighted by Gasteiger charge is 2.39. The summed E-state index contributed by atoms with van der Waals surface area (Å²) in [7, 11) is 0. The number of carbonyl (C=O) groups is 2. The number of anilines is 1. The Labute approximate surface area is 170 Å². The van der Waals surface area contributed by atoms with Gasteiger partial charge in [0.15, 0.2) is 5.69 Å². The third-order valence-corrected chi connectivity index (χ3v) is 3.65. The maximum atomic E-state index is 13.8. The van der Waals surface area contributed by atoms with Crippen LogP contribution in [0.4, 0.5) is 23.2 Å². The summed E-state index contributed by atoms with van der Waals surface area (Å²) < 4.78 is 54.8. The Kier molecular flexibility index (Phi) is 6.86. The first-order chi connectivity index (χ1) is 13.9. The van der Waals surface area contributed by atoms with Gasteiger partial charge in [-0.05, 0) is 45.9 Å². The van der Waals surface area contributed by atoms with Gasteiger partial charge in [-0.15, -0.1) is 0 Å². The summed E-state index contributed by atoms with van der Waals surface area (Å²) in [6.45, 7) is 6.30. The van der Waals surface area contributed by atoms with Crippen molar-refractivity contribution in [2.24, 2.45) is 0 Å². The Bertz CT molecular complexity index is 1000. The van der Waals surface area contributed by atoms with Crippen LogP contribution in [0, 0.1) is 5.82 Å². The molecule has 2 aromatic rings. The van der Waals surface area contributed by atoms with Crippen LogP contribution in [-0.4, -0.2) is 21.8 Å². The van der Waals surface area contributed by atoms with Gasteiger partial charge in [-0.25, -0.2) is 14.3 Å². The molecule has 0 aliphatic rings. The van der Waals surface area contributed by atoms with E-state index in [1.165, 1.54) is 6.07 Å². The van der Waals surface area contributed by atoms with Crippen LogP contribution in [0.25, 0.3) is 11.3 Å². The van der Waals surface area contributed by atoms with Gasteiger partial charge in [-0.2, -0.15) is 13.2 Å². The van der Waals surface area contributed by atoms with Gasteiger partial charge in [-0.3, -0.25) is 14.6 Å². The number of alkyl halides is 3. The molecule has 0 fully saturated rings. The molecule has 0 unspecified atom stereocenters. The van der Waals surface area contributed by atoms with E-state index >= 15 is 0 Å². The molecule has 158 valence electrons. The average Bonchev–Trinajstić information content (AvgIpc) is 2.60. The number of imide groups is 1. The lowest BCUT2D eigenvalue weighted by atomic mass is 10.1. The Morgan fingerprint density at radius 3 is 2.00 bits per heavy atom. The molecule has 0 aromatic carbocycles. The monoisotopic (exact) mass is 421 g/mol. The van der Waals surface area contributed by atoms with Crippen molar-refractivity contribution in [2.75, 3.05) is 4.90 Å². The summed E-state index contributed by atoms with van der Waals surface area (Å²) in [6.07, 6.45) is -0.810. The van der Waals surface area contributed by atoms with Gasteiger partial charge in [0.2, 0.25) is 0 Å². The number of carbonyl (C=O) groups excluding carboxylic acids is 2. The minimum absolute atomic E-state index is 0.0184. The molecule has 0 aliphatic heterocycles. The average molecular weight is 421 g/mol. The molecule has 2 amide bonds. The zero-order valence-electron chi connectivity index (χ0n) is 16.7. The highest BCUT2D eigenvalue weighted by atomic mass is 19.4. The van der Waals surface area contributed by atoms with Crippen LogP contribution in [0.3, 0.4) is 0 Å². The van der Waals surface area contributed by atoms with E-state index in [0.29, 0.717) is 16.0 Å². The first-order valence-electron chi connectivity index (χ1n) is 8.77. The van der Waals surface area contributed by atoms with Gasteiger partial charge in [0.1, 0.15) is 5.82 Å². The van der Waals surface area contributed by atoms with Gasteiger partial charge in [-0.1, -0.05) is 11.1 Å². The van der Waals surface area contributed by atoms with Crippen LogP contribution >= 0.6 is 0 Å². The first-order valence-corrected chi connectivity index (χ1v) is 8.77. The SMILES string of the molecule is CC(C)=CC(=O)N(C(=O)C=C(C)C)c1ccc(-c2cncc(F)c2)nc1C(F)(F)F. The molecule has 0 N–H and O–H groups in total. The molecule has 0 saturated heterocycles. The van der Waals surface area contributed by atoms with Crippen molar-refractivity contribution in [3.63, 3.8) is 0 Å². The fraction of sp³-hybridized carbons (Fsp3) is 0.238. The van der Waals surface area contributed by atoms with Gasteiger partial charge in [0, 0.05) is 23.9 Å². The number of amides is 2. The predicted molar refractivity (Wildman–Crippen MR) is 104 cm³/mol. The molecule has 0 spiro atoms. The minimum atomic E-state index is -4.99. The van der Waals surface area contributed by atoms with Crippen molar-refractivity contribution in [3.05, 3.63) is 65.4 Å². The Morgan fingerprint density at radius 2 is 1.53 bits per heavy atom. The smallest absolute Gasteiger partial charge is 0.269 e. The first kappa shape index (κ1) is 22.9. The molecular formula is C21H19F4N3O2. The lowest BCUT2D eigenvalue weighted by molar-refractivity contribution is -0.140. The molecule has 2 rings (SSSR count). The van der Waals surface area contributed by atoms with Crippen molar-refractivity contribution in [2.45, 2.75) is 33.9 Å². The lowest BCUT2D eigenvalue weighted by Crippen LogP contribution is -2.37. The van der Waals surface area contributed by atoms with Gasteiger partial charge in [0.05, 0.1) is 17.6 Å². The van der Waals surface area contributed by atoms with E-state index in [-0.39, 0.29) is 11.3 Å². The molecule has 2 aromatic heterocycles. The predicted octanol–water partition coefficient (Wildman–Crippen LogP) is 5.09. The standard InChI is InChI=1S/C21H19F4N3O2/c1-12(2)7-18(29)28(19(30)8-13(3)4)17-6-5-16(27-20(17)21(23,24)25)14-9-15(22)11-26-10-14/h5-11H,1-4H3. The van der Waals surface area contributed by atoms with Crippen LogP contribution in [-0.2, 0) is 15.8 Å². The number of halogens is 4. The molecule has 0 radical (unpaired) electrons. The fourth-order valence-corrected chi connectivity index (χ4v) is 2.52. The van der Waals surface area contributed by atoms with E-state index in [9.17, 15) is 27.2 Å². The topological polar surface area (TPSA) is 63.2 Å². The lowest BCUT2D eigenvalue weighted by Gasteiger charge is -2.22. The zero-order valence-corrected chi connectivity index (χ0v) is 16.7. The molecule has 0 atom stereocenters. The largest absolute Gasteiger partial charge is 0.435 e. The van der Waals surface area contributed by atoms with Crippen molar-refractivity contribution in [1.29, 1.82) is 0 Å². The third-order valence-electron chi connectivity index (χ3n) is 3.65. The second-order valence-electron chi connectivity index (χ2n) is 6.91. The van der Waals surface area contributed by atoms with Gasteiger partial charge >= 0.3 is 6.18 Å². The highest BCUT2D eigenvalue weighted by Crippen LogP contribution is 2.37. The van der Waals surface area contributed by atoms with Gasteiger partial charge < -0.3 is 0 Å². The van der Waals surface area contributed by atoms with Crippen molar-refractivity contribution >= 4 is 17.5 Å². The van der Waals surface area contributed by atoms with E-state index in [4.69, 9.17) is 0 Å². The van der Waals surface area contributed by atoms with Crippen LogP contribution in [0.15, 0.2) is 53.9 Å². The van der Waals surface area contributed by atoms with E-state index in [1.807, 2.05) is 0 Å². The van der Waals surface area contributed by atoms with E-state index in [1.54, 1.807) is 27.7 Å². The molecule has 30 heavy (non-hydrogen) atoms. The molecule has 0 aliphatic carbocycles. The Balaban J connectivity index is 2.73. The van der Waals surface area contributed by atoms with Gasteiger partial charge in [0.25, 0.3) is 11.8 Å². The third kappa shape index (κ3) is 5.59. The number of allylic oxidation sites excluding steroid dienone is 2. The summed E-state index contributed by atoms with van der Waals surface area (Å²) in [6, 6.07) is 3.11. The molecule has 0 bridgehead atoms.